The third kappa shape index (κ3) is 5.16. The first-order valence-electron chi connectivity index (χ1n) is 9.86. The SMILES string of the molecule is CCOc1cc(NC(=O)NCC(c2ccccc2)N2CCCC2)ccc1OC. The number of hydrogen-bond donors (Lipinski definition) is 2. The molecule has 0 aliphatic carbocycles. The van der Waals surface area contributed by atoms with Gasteiger partial charge in [0.2, 0.25) is 0 Å². The van der Waals surface area contributed by atoms with E-state index in [1.165, 1.54) is 18.4 Å². The van der Waals surface area contributed by atoms with Crippen molar-refractivity contribution in [1.29, 1.82) is 0 Å². The van der Waals surface area contributed by atoms with Crippen LogP contribution >= 0.6 is 0 Å². The van der Waals surface area contributed by atoms with Crippen molar-refractivity contribution in [3.63, 3.8) is 0 Å². The predicted molar refractivity (Wildman–Crippen MR) is 111 cm³/mol. The first-order chi connectivity index (χ1) is 13.7. The molecule has 28 heavy (non-hydrogen) atoms. The van der Waals surface area contributed by atoms with Gasteiger partial charge < -0.3 is 20.1 Å². The summed E-state index contributed by atoms with van der Waals surface area (Å²) in [5.41, 5.74) is 1.90. The van der Waals surface area contributed by atoms with Gasteiger partial charge in [-0.2, -0.15) is 0 Å². The quantitative estimate of drug-likeness (QED) is 0.722. The van der Waals surface area contributed by atoms with Gasteiger partial charge >= 0.3 is 6.03 Å². The zero-order valence-corrected chi connectivity index (χ0v) is 16.6. The molecule has 1 unspecified atom stereocenters. The van der Waals surface area contributed by atoms with Crippen LogP contribution in [0.3, 0.4) is 0 Å². The fourth-order valence-electron chi connectivity index (χ4n) is 3.57. The molecule has 2 N–H and O–H groups in total. The van der Waals surface area contributed by atoms with Crippen LogP contribution in [-0.2, 0) is 0 Å². The van der Waals surface area contributed by atoms with E-state index < -0.39 is 0 Å². The molecule has 0 bridgehead atoms. The Kier molecular flexibility index (Phi) is 7.14. The molecular weight excluding hydrogens is 354 g/mol. The second-order valence-corrected chi connectivity index (χ2v) is 6.80. The molecule has 2 aromatic carbocycles. The van der Waals surface area contributed by atoms with Crippen molar-refractivity contribution in [1.82, 2.24) is 10.2 Å². The number of rotatable bonds is 8. The Morgan fingerprint density at radius 2 is 1.86 bits per heavy atom. The summed E-state index contributed by atoms with van der Waals surface area (Å²) >= 11 is 0. The molecule has 1 fully saturated rings. The van der Waals surface area contributed by atoms with Gasteiger partial charge in [0.05, 0.1) is 19.8 Å². The van der Waals surface area contributed by atoms with Crippen LogP contribution < -0.4 is 20.1 Å². The number of amides is 2. The standard InChI is InChI=1S/C22H29N3O3/c1-3-28-21-15-18(11-12-20(21)27-2)24-22(26)23-16-19(25-13-7-8-14-25)17-9-5-4-6-10-17/h4-6,9-12,15,19H,3,7-8,13-14,16H2,1-2H3,(H2,23,24,26). The van der Waals surface area contributed by atoms with Crippen LogP contribution in [-0.4, -0.2) is 44.3 Å². The highest BCUT2D eigenvalue weighted by Crippen LogP contribution is 2.30. The minimum Gasteiger partial charge on any atom is -0.493 e. The molecule has 3 rings (SSSR count). The first-order valence-corrected chi connectivity index (χ1v) is 9.86. The van der Waals surface area contributed by atoms with Gasteiger partial charge in [-0.15, -0.1) is 0 Å². The number of nitrogens with one attached hydrogen (secondary N) is 2. The van der Waals surface area contributed by atoms with Crippen LogP contribution in [0.4, 0.5) is 10.5 Å². The van der Waals surface area contributed by atoms with Crippen LogP contribution in [0.5, 0.6) is 11.5 Å². The van der Waals surface area contributed by atoms with Crippen molar-refractivity contribution in [2.75, 3.05) is 38.7 Å². The highest BCUT2D eigenvalue weighted by Gasteiger charge is 2.23. The Morgan fingerprint density at radius 1 is 1.11 bits per heavy atom. The van der Waals surface area contributed by atoms with E-state index in [1.54, 1.807) is 25.3 Å². The number of benzene rings is 2. The topological polar surface area (TPSA) is 62.8 Å². The maximum absolute atomic E-state index is 12.5. The van der Waals surface area contributed by atoms with Crippen molar-refractivity contribution in [3.05, 3.63) is 54.1 Å². The third-order valence-electron chi connectivity index (χ3n) is 4.94. The van der Waals surface area contributed by atoms with E-state index >= 15 is 0 Å². The number of nitrogens with zero attached hydrogens (tertiary/aromatic N) is 1. The largest absolute Gasteiger partial charge is 0.493 e. The van der Waals surface area contributed by atoms with Gasteiger partial charge in [-0.1, -0.05) is 30.3 Å². The maximum atomic E-state index is 12.5. The van der Waals surface area contributed by atoms with Gasteiger partial charge in [-0.3, -0.25) is 4.90 Å². The summed E-state index contributed by atoms with van der Waals surface area (Å²) in [7, 11) is 1.60. The molecule has 6 nitrogen and oxygen atoms in total. The summed E-state index contributed by atoms with van der Waals surface area (Å²) in [6, 6.07) is 15.7. The number of likely N-dealkylation sites (tertiary alicyclic amines) is 1. The lowest BCUT2D eigenvalue weighted by molar-refractivity contribution is 0.227. The number of carbonyl (C=O) groups excluding carboxylic acids is 1. The lowest BCUT2D eigenvalue weighted by Crippen LogP contribution is -2.38. The summed E-state index contributed by atoms with van der Waals surface area (Å²) in [5, 5.41) is 5.91. The van der Waals surface area contributed by atoms with Gasteiger partial charge in [0.1, 0.15) is 0 Å². The molecule has 1 aliphatic heterocycles. The van der Waals surface area contributed by atoms with Crippen LogP contribution in [0.15, 0.2) is 48.5 Å². The van der Waals surface area contributed by atoms with Crippen molar-refractivity contribution < 1.29 is 14.3 Å². The Balaban J connectivity index is 1.62. The average Bonchev–Trinajstić information content (AvgIpc) is 3.24. The molecule has 0 spiro atoms. The van der Waals surface area contributed by atoms with Crippen LogP contribution in [0.1, 0.15) is 31.4 Å². The molecule has 0 radical (unpaired) electrons. The summed E-state index contributed by atoms with van der Waals surface area (Å²) < 4.78 is 10.9. The van der Waals surface area contributed by atoms with Crippen LogP contribution in [0.2, 0.25) is 0 Å². The highest BCUT2D eigenvalue weighted by molar-refractivity contribution is 5.89. The number of anilines is 1. The van der Waals surface area contributed by atoms with Crippen LogP contribution in [0.25, 0.3) is 0 Å². The summed E-state index contributed by atoms with van der Waals surface area (Å²) in [6.45, 7) is 5.14. The smallest absolute Gasteiger partial charge is 0.319 e. The van der Waals surface area contributed by atoms with Crippen LogP contribution in [0, 0.1) is 0 Å². The van der Waals surface area contributed by atoms with Crippen molar-refractivity contribution in [2.24, 2.45) is 0 Å². The number of hydrogen-bond acceptors (Lipinski definition) is 4. The van der Waals surface area contributed by atoms with Gasteiger partial charge in [0, 0.05) is 18.3 Å². The number of carbonyl (C=O) groups is 1. The Morgan fingerprint density at radius 3 is 2.54 bits per heavy atom. The minimum atomic E-state index is -0.229. The van der Waals surface area contributed by atoms with E-state index in [4.69, 9.17) is 9.47 Å². The Hall–Kier alpha value is -2.73. The molecular formula is C22H29N3O3. The van der Waals surface area contributed by atoms with E-state index in [0.717, 1.165) is 13.1 Å². The van der Waals surface area contributed by atoms with E-state index in [1.807, 2.05) is 25.1 Å². The van der Waals surface area contributed by atoms with Crippen molar-refractivity contribution in [3.8, 4) is 11.5 Å². The molecule has 1 heterocycles. The van der Waals surface area contributed by atoms with Gasteiger partial charge in [0.15, 0.2) is 11.5 Å². The molecule has 1 saturated heterocycles. The Bertz CT molecular complexity index is 761. The zero-order chi connectivity index (χ0) is 19.8. The molecule has 2 aromatic rings. The summed E-state index contributed by atoms with van der Waals surface area (Å²) in [4.78, 5) is 14.9. The second kappa shape index (κ2) is 9.99. The third-order valence-corrected chi connectivity index (χ3v) is 4.94. The molecule has 2 amide bonds. The number of ether oxygens (including phenoxy) is 2. The van der Waals surface area contributed by atoms with E-state index in [-0.39, 0.29) is 12.1 Å². The fourth-order valence-corrected chi connectivity index (χ4v) is 3.57. The molecule has 0 saturated carbocycles. The molecule has 1 aliphatic rings. The number of urea groups is 1. The lowest BCUT2D eigenvalue weighted by atomic mass is 10.1. The minimum absolute atomic E-state index is 0.185. The highest BCUT2D eigenvalue weighted by atomic mass is 16.5. The van der Waals surface area contributed by atoms with Gasteiger partial charge in [-0.05, 0) is 50.6 Å². The monoisotopic (exact) mass is 383 g/mol. The first kappa shape index (κ1) is 20.0. The summed E-state index contributed by atoms with van der Waals surface area (Å²) in [5.74, 6) is 1.26. The second-order valence-electron chi connectivity index (χ2n) is 6.80. The van der Waals surface area contributed by atoms with Gasteiger partial charge in [-0.25, -0.2) is 4.79 Å². The fraction of sp³-hybridized carbons (Fsp3) is 0.409. The average molecular weight is 383 g/mol. The normalized spacial score (nSPS) is 15.1. The molecule has 0 aromatic heterocycles. The van der Waals surface area contributed by atoms with E-state index in [0.29, 0.717) is 30.3 Å². The molecule has 150 valence electrons. The Labute approximate surface area is 166 Å². The zero-order valence-electron chi connectivity index (χ0n) is 16.6. The van der Waals surface area contributed by atoms with E-state index in [9.17, 15) is 4.79 Å². The predicted octanol–water partition coefficient (Wildman–Crippen LogP) is 4.05. The van der Waals surface area contributed by atoms with E-state index in [2.05, 4.69) is 27.7 Å². The van der Waals surface area contributed by atoms with Gasteiger partial charge in [0.25, 0.3) is 0 Å². The maximum Gasteiger partial charge on any atom is 0.319 e. The summed E-state index contributed by atoms with van der Waals surface area (Å²) in [6.07, 6.45) is 2.42. The van der Waals surface area contributed by atoms with Crippen molar-refractivity contribution in [2.45, 2.75) is 25.8 Å². The van der Waals surface area contributed by atoms with Crippen molar-refractivity contribution >= 4 is 11.7 Å². The lowest BCUT2D eigenvalue weighted by Gasteiger charge is -2.28. The molecule has 6 heteroatoms. The molecule has 1 atom stereocenters. The number of methoxy groups -OCH3 is 1.